The van der Waals surface area contributed by atoms with Crippen molar-refractivity contribution in [3.05, 3.63) is 58.3 Å². The molecule has 0 spiro atoms. The molecule has 0 bridgehead atoms. The molecule has 0 fully saturated rings. The monoisotopic (exact) mass is 350 g/mol. The fraction of sp³-hybridized carbons (Fsp3) is 0.312. The summed E-state index contributed by atoms with van der Waals surface area (Å²) in [5.41, 5.74) is 2.43. The lowest BCUT2D eigenvalue weighted by atomic mass is 10.2. The van der Waals surface area contributed by atoms with Crippen LogP contribution < -0.4 is 5.32 Å². The fourth-order valence-corrected chi connectivity index (χ4v) is 3.28. The highest BCUT2D eigenvalue weighted by atomic mass is 79.9. The summed E-state index contributed by atoms with van der Waals surface area (Å²) in [6.45, 7) is 2.13. The molecule has 1 heterocycles. The van der Waals surface area contributed by atoms with Gasteiger partial charge in [0.1, 0.15) is 0 Å². The van der Waals surface area contributed by atoms with Crippen LogP contribution in [-0.4, -0.2) is 23.8 Å². The van der Waals surface area contributed by atoms with Crippen molar-refractivity contribution in [2.24, 2.45) is 0 Å². The van der Waals surface area contributed by atoms with Crippen LogP contribution in [0.4, 0.5) is 0 Å². The average molecular weight is 351 g/mol. The quantitative estimate of drug-likeness (QED) is 0.794. The summed E-state index contributed by atoms with van der Waals surface area (Å²) in [5.74, 6) is 1.04. The maximum absolute atomic E-state index is 4.44. The summed E-state index contributed by atoms with van der Waals surface area (Å²) in [6.07, 6.45) is 2.80. The van der Waals surface area contributed by atoms with Crippen LogP contribution in [0.1, 0.15) is 11.3 Å². The Hall–Kier alpha value is -0.840. The van der Waals surface area contributed by atoms with Gasteiger partial charge in [0.05, 0.1) is 0 Å². The number of nitrogens with zero attached hydrogens (tertiary/aromatic N) is 1. The zero-order valence-corrected chi connectivity index (χ0v) is 14.2. The van der Waals surface area contributed by atoms with Gasteiger partial charge in [-0.2, -0.15) is 0 Å². The van der Waals surface area contributed by atoms with Gasteiger partial charge in [-0.3, -0.25) is 4.98 Å². The van der Waals surface area contributed by atoms with E-state index in [4.69, 9.17) is 0 Å². The molecule has 0 aliphatic rings. The summed E-state index contributed by atoms with van der Waals surface area (Å²) in [5, 5.41) is 3.38. The van der Waals surface area contributed by atoms with Crippen LogP contribution in [0.2, 0.25) is 0 Å². The second kappa shape index (κ2) is 7.81. The molecule has 20 heavy (non-hydrogen) atoms. The van der Waals surface area contributed by atoms with Gasteiger partial charge in [0, 0.05) is 39.5 Å². The van der Waals surface area contributed by atoms with E-state index in [1.54, 1.807) is 0 Å². The number of thioether (sulfide) groups is 1. The number of hydrogen-bond acceptors (Lipinski definition) is 3. The van der Waals surface area contributed by atoms with Gasteiger partial charge in [0.2, 0.25) is 0 Å². The molecule has 0 aliphatic carbocycles. The number of rotatable bonds is 6. The van der Waals surface area contributed by atoms with Gasteiger partial charge in [-0.05, 0) is 54.2 Å². The van der Waals surface area contributed by atoms with Crippen LogP contribution in [-0.2, 0) is 6.42 Å². The van der Waals surface area contributed by atoms with Crippen LogP contribution in [0.5, 0.6) is 0 Å². The van der Waals surface area contributed by atoms with E-state index >= 15 is 0 Å². The molecule has 0 aliphatic heterocycles. The molecule has 1 aromatic carbocycles. The van der Waals surface area contributed by atoms with Gasteiger partial charge in [-0.15, -0.1) is 11.8 Å². The third kappa shape index (κ3) is 4.93. The van der Waals surface area contributed by atoms with E-state index in [1.165, 1.54) is 10.5 Å². The van der Waals surface area contributed by atoms with E-state index in [9.17, 15) is 0 Å². The topological polar surface area (TPSA) is 24.9 Å². The van der Waals surface area contributed by atoms with E-state index in [0.29, 0.717) is 6.04 Å². The minimum atomic E-state index is 0.425. The molecule has 106 valence electrons. The highest BCUT2D eigenvalue weighted by Gasteiger charge is 2.09. The van der Waals surface area contributed by atoms with Crippen LogP contribution in [0.15, 0.2) is 52.0 Å². The molecule has 0 saturated heterocycles. The van der Waals surface area contributed by atoms with Gasteiger partial charge in [0.15, 0.2) is 0 Å². The molecule has 2 aromatic rings. The molecule has 4 heteroatoms. The number of aryl methyl sites for hydroxylation is 1. The maximum atomic E-state index is 4.44. The molecule has 1 aromatic heterocycles. The Morgan fingerprint density at radius 2 is 2.15 bits per heavy atom. The number of nitrogens with one attached hydrogen (secondary N) is 1. The van der Waals surface area contributed by atoms with E-state index in [0.717, 1.165) is 22.3 Å². The lowest BCUT2D eigenvalue weighted by Gasteiger charge is -2.15. The summed E-state index contributed by atoms with van der Waals surface area (Å²) in [7, 11) is 2.01. The second-order valence-corrected chi connectivity index (χ2v) is 6.79. The molecular formula is C16H19BrN2S. The molecule has 2 nitrogen and oxygen atoms in total. The van der Waals surface area contributed by atoms with Gasteiger partial charge < -0.3 is 5.32 Å². The van der Waals surface area contributed by atoms with Crippen molar-refractivity contribution in [1.82, 2.24) is 10.3 Å². The van der Waals surface area contributed by atoms with Crippen LogP contribution in [0.3, 0.4) is 0 Å². The molecule has 0 amide bonds. The first-order chi connectivity index (χ1) is 9.67. The highest BCUT2D eigenvalue weighted by Crippen LogP contribution is 2.20. The Balaban J connectivity index is 1.90. The number of halogens is 1. The van der Waals surface area contributed by atoms with Crippen molar-refractivity contribution >= 4 is 27.7 Å². The fourth-order valence-electron chi connectivity index (χ4n) is 1.93. The number of likely N-dealkylation sites (N-methyl/N-ethyl adjacent to an activating group) is 1. The first-order valence-electron chi connectivity index (χ1n) is 6.64. The minimum Gasteiger partial charge on any atom is -0.316 e. The number of pyridine rings is 1. The van der Waals surface area contributed by atoms with Crippen molar-refractivity contribution in [2.75, 3.05) is 12.8 Å². The maximum Gasteiger partial charge on any atom is 0.0420 e. The van der Waals surface area contributed by atoms with Crippen molar-refractivity contribution in [1.29, 1.82) is 0 Å². The second-order valence-electron chi connectivity index (χ2n) is 4.78. The lowest BCUT2D eigenvalue weighted by molar-refractivity contribution is 0.609. The predicted octanol–water partition coefficient (Wildman–Crippen LogP) is 4.08. The molecular weight excluding hydrogens is 332 g/mol. The first-order valence-corrected chi connectivity index (χ1v) is 8.42. The first kappa shape index (κ1) is 15.5. The minimum absolute atomic E-state index is 0.425. The SMILES string of the molecule is CNC(CSc1cccc(C)c1)Cc1ccc(Br)cn1. The van der Waals surface area contributed by atoms with Crippen molar-refractivity contribution in [2.45, 2.75) is 24.3 Å². The van der Waals surface area contributed by atoms with E-state index in [-0.39, 0.29) is 0 Å². The van der Waals surface area contributed by atoms with E-state index < -0.39 is 0 Å². The average Bonchev–Trinajstić information content (AvgIpc) is 2.45. The summed E-state index contributed by atoms with van der Waals surface area (Å²) < 4.78 is 1.02. The Bertz CT molecular complexity index is 542. The van der Waals surface area contributed by atoms with Crippen molar-refractivity contribution < 1.29 is 0 Å². The Labute approximate surface area is 133 Å². The number of aromatic nitrogens is 1. The van der Waals surface area contributed by atoms with Gasteiger partial charge in [0.25, 0.3) is 0 Å². The van der Waals surface area contributed by atoms with Gasteiger partial charge in [-0.1, -0.05) is 17.7 Å². The van der Waals surface area contributed by atoms with Gasteiger partial charge in [-0.25, -0.2) is 0 Å². The zero-order chi connectivity index (χ0) is 14.4. The Morgan fingerprint density at radius 3 is 2.80 bits per heavy atom. The summed E-state index contributed by atoms with van der Waals surface area (Å²) >= 11 is 5.30. The standard InChI is InChI=1S/C16H19BrN2S/c1-12-4-3-5-16(8-12)20-11-15(18-2)9-14-7-6-13(17)10-19-14/h3-8,10,15,18H,9,11H2,1-2H3. The molecule has 1 N–H and O–H groups in total. The molecule has 1 atom stereocenters. The summed E-state index contributed by atoms with van der Waals surface area (Å²) in [6, 6.07) is 13.2. The van der Waals surface area contributed by atoms with Crippen LogP contribution in [0.25, 0.3) is 0 Å². The molecule has 0 saturated carbocycles. The van der Waals surface area contributed by atoms with Crippen molar-refractivity contribution in [3.63, 3.8) is 0 Å². The third-order valence-corrected chi connectivity index (χ3v) is 4.72. The lowest BCUT2D eigenvalue weighted by Crippen LogP contribution is -2.30. The van der Waals surface area contributed by atoms with Gasteiger partial charge >= 0.3 is 0 Å². The summed E-state index contributed by atoms with van der Waals surface area (Å²) in [4.78, 5) is 5.77. The predicted molar refractivity (Wildman–Crippen MR) is 90.4 cm³/mol. The zero-order valence-electron chi connectivity index (χ0n) is 11.8. The van der Waals surface area contributed by atoms with Crippen molar-refractivity contribution in [3.8, 4) is 0 Å². The Kier molecular flexibility index (Phi) is 6.07. The van der Waals surface area contributed by atoms with E-state index in [2.05, 4.69) is 63.5 Å². The third-order valence-electron chi connectivity index (χ3n) is 3.09. The highest BCUT2D eigenvalue weighted by molar-refractivity contribution is 9.10. The molecule has 0 radical (unpaired) electrons. The van der Waals surface area contributed by atoms with Crippen LogP contribution in [0, 0.1) is 6.92 Å². The largest absolute Gasteiger partial charge is 0.316 e. The number of benzene rings is 1. The molecule has 1 unspecified atom stereocenters. The van der Waals surface area contributed by atoms with E-state index in [1.807, 2.05) is 31.1 Å². The number of hydrogen-bond donors (Lipinski definition) is 1. The normalized spacial score (nSPS) is 12.3. The van der Waals surface area contributed by atoms with Crippen LogP contribution >= 0.6 is 27.7 Å². The molecule has 2 rings (SSSR count). The Morgan fingerprint density at radius 1 is 1.30 bits per heavy atom. The smallest absolute Gasteiger partial charge is 0.0420 e.